The number of carbonyl (C=O) groups excluding carboxylic acids is 1. The summed E-state index contributed by atoms with van der Waals surface area (Å²) in [5, 5.41) is 21.3. The van der Waals surface area contributed by atoms with Crippen LogP contribution in [-0.4, -0.2) is 30.1 Å². The van der Waals surface area contributed by atoms with Crippen LogP contribution in [-0.2, 0) is 4.79 Å². The van der Waals surface area contributed by atoms with Crippen LogP contribution in [0.4, 0.5) is 0 Å². The quantitative estimate of drug-likeness (QED) is 0.812. The minimum Gasteiger partial charge on any atom is -0.483 e. The van der Waals surface area contributed by atoms with Crippen LogP contribution in [0.25, 0.3) is 10.8 Å². The van der Waals surface area contributed by atoms with Crippen LogP contribution >= 0.6 is 0 Å². The van der Waals surface area contributed by atoms with E-state index in [4.69, 9.17) is 10.00 Å². The molecule has 2 aromatic rings. The molecule has 6 heteroatoms. The number of amides is 1. The van der Waals surface area contributed by atoms with Crippen LogP contribution in [0.1, 0.15) is 10.4 Å². The number of benzene rings is 2. The van der Waals surface area contributed by atoms with Gasteiger partial charge in [0.05, 0.1) is 6.07 Å². The van der Waals surface area contributed by atoms with Crippen molar-refractivity contribution in [2.24, 2.45) is 0 Å². The Morgan fingerprint density at radius 1 is 1.24 bits per heavy atom. The molecule has 0 unspecified atom stereocenters. The van der Waals surface area contributed by atoms with Gasteiger partial charge >= 0.3 is 5.97 Å². The summed E-state index contributed by atoms with van der Waals surface area (Å²) in [6, 6.07) is 12.0. The lowest BCUT2D eigenvalue weighted by Crippen LogP contribution is -2.29. The molecule has 0 aromatic heterocycles. The Hall–Kier alpha value is -3.07. The number of rotatable bonds is 5. The van der Waals surface area contributed by atoms with E-state index in [9.17, 15) is 14.7 Å². The maximum absolute atomic E-state index is 11.4. The van der Waals surface area contributed by atoms with Crippen molar-refractivity contribution in [3.63, 3.8) is 0 Å². The summed E-state index contributed by atoms with van der Waals surface area (Å²) in [5.41, 5.74) is 0.0150. The molecule has 0 aliphatic rings. The molecule has 106 valence electrons. The highest BCUT2D eigenvalue weighted by atomic mass is 16.5. The Labute approximate surface area is 120 Å². The van der Waals surface area contributed by atoms with E-state index < -0.39 is 11.9 Å². The predicted molar refractivity (Wildman–Crippen MR) is 75.0 cm³/mol. The number of fused-ring (bicyclic) bond motifs is 1. The number of carboxylic acid groups (broad SMARTS) is 1. The molecule has 0 heterocycles. The van der Waals surface area contributed by atoms with Gasteiger partial charge in [0.2, 0.25) is 0 Å². The molecule has 0 saturated heterocycles. The van der Waals surface area contributed by atoms with E-state index in [-0.39, 0.29) is 24.5 Å². The fourth-order valence-corrected chi connectivity index (χ4v) is 1.92. The number of nitrogens with one attached hydrogen (secondary N) is 1. The molecule has 0 aliphatic heterocycles. The molecule has 2 rings (SSSR count). The smallest absolute Gasteiger partial charge is 0.340 e. The predicted octanol–water partition coefficient (Wildman–Crippen LogP) is 1.56. The van der Waals surface area contributed by atoms with Gasteiger partial charge in [-0.3, -0.25) is 4.79 Å². The summed E-state index contributed by atoms with van der Waals surface area (Å²) >= 11 is 0. The molecule has 2 aromatic carbocycles. The van der Waals surface area contributed by atoms with Crippen molar-refractivity contribution in [2.75, 3.05) is 13.2 Å². The van der Waals surface area contributed by atoms with Gasteiger partial charge < -0.3 is 15.2 Å². The van der Waals surface area contributed by atoms with Gasteiger partial charge in [-0.25, -0.2) is 4.79 Å². The number of hydrogen-bond donors (Lipinski definition) is 2. The average Bonchev–Trinajstić information content (AvgIpc) is 2.49. The third-order valence-corrected chi connectivity index (χ3v) is 2.83. The fraction of sp³-hybridized carbons (Fsp3) is 0.133. The van der Waals surface area contributed by atoms with Crippen LogP contribution in [0.3, 0.4) is 0 Å². The van der Waals surface area contributed by atoms with Crippen molar-refractivity contribution in [1.82, 2.24) is 5.32 Å². The second-order valence-corrected chi connectivity index (χ2v) is 4.19. The van der Waals surface area contributed by atoms with E-state index in [1.54, 1.807) is 30.3 Å². The SMILES string of the molecule is N#CCNC(=O)COc1ccc2ccccc2c1C(=O)O. The van der Waals surface area contributed by atoms with Gasteiger partial charge in [-0.1, -0.05) is 30.3 Å². The molecule has 21 heavy (non-hydrogen) atoms. The number of aromatic carboxylic acids is 1. The Morgan fingerprint density at radius 3 is 2.71 bits per heavy atom. The summed E-state index contributed by atoms with van der Waals surface area (Å²) < 4.78 is 5.26. The van der Waals surface area contributed by atoms with Crippen molar-refractivity contribution in [2.45, 2.75) is 0 Å². The molecular weight excluding hydrogens is 272 g/mol. The molecule has 0 radical (unpaired) electrons. The minimum atomic E-state index is -1.13. The first-order chi connectivity index (χ1) is 10.1. The monoisotopic (exact) mass is 284 g/mol. The second kappa shape index (κ2) is 6.39. The highest BCUT2D eigenvalue weighted by Gasteiger charge is 2.16. The van der Waals surface area contributed by atoms with Crippen LogP contribution in [0, 0.1) is 11.3 Å². The minimum absolute atomic E-state index is 0.0150. The van der Waals surface area contributed by atoms with Crippen LogP contribution < -0.4 is 10.1 Å². The highest BCUT2D eigenvalue weighted by molar-refractivity contribution is 6.06. The Balaban J connectivity index is 2.28. The first-order valence-corrected chi connectivity index (χ1v) is 6.15. The Bertz CT molecular complexity index is 734. The third kappa shape index (κ3) is 3.28. The number of ether oxygens (including phenoxy) is 1. The normalized spacial score (nSPS) is 9.86. The van der Waals surface area contributed by atoms with Crippen molar-refractivity contribution in [3.05, 3.63) is 42.0 Å². The molecule has 2 N–H and O–H groups in total. The third-order valence-electron chi connectivity index (χ3n) is 2.83. The lowest BCUT2D eigenvalue weighted by Gasteiger charge is -2.11. The summed E-state index contributed by atoms with van der Waals surface area (Å²) in [6.45, 7) is -0.466. The zero-order valence-corrected chi connectivity index (χ0v) is 11.0. The number of nitrogens with zero attached hydrogens (tertiary/aromatic N) is 1. The molecule has 0 spiro atoms. The summed E-state index contributed by atoms with van der Waals surface area (Å²) in [5.74, 6) is -1.49. The first kappa shape index (κ1) is 14.3. The second-order valence-electron chi connectivity index (χ2n) is 4.19. The molecule has 0 fully saturated rings. The molecule has 0 bridgehead atoms. The Morgan fingerprint density at radius 2 is 2.00 bits per heavy atom. The first-order valence-electron chi connectivity index (χ1n) is 6.15. The van der Waals surface area contributed by atoms with E-state index in [1.165, 1.54) is 6.07 Å². The molecule has 0 saturated carbocycles. The maximum atomic E-state index is 11.4. The molecule has 0 atom stereocenters. The van der Waals surface area contributed by atoms with Gasteiger partial charge in [0.25, 0.3) is 5.91 Å². The van der Waals surface area contributed by atoms with E-state index in [2.05, 4.69) is 5.32 Å². The van der Waals surface area contributed by atoms with Gasteiger partial charge in [-0.05, 0) is 16.8 Å². The van der Waals surface area contributed by atoms with Crippen LogP contribution in [0.5, 0.6) is 5.75 Å². The van der Waals surface area contributed by atoms with Crippen molar-refractivity contribution in [3.8, 4) is 11.8 Å². The van der Waals surface area contributed by atoms with E-state index in [0.717, 1.165) is 5.39 Å². The number of carbonyl (C=O) groups is 2. The molecular formula is C15H12N2O4. The topological polar surface area (TPSA) is 99.4 Å². The largest absolute Gasteiger partial charge is 0.483 e. The number of nitriles is 1. The lowest BCUT2D eigenvalue weighted by molar-refractivity contribution is -0.122. The molecule has 6 nitrogen and oxygen atoms in total. The summed E-state index contributed by atoms with van der Waals surface area (Å²) in [4.78, 5) is 22.8. The maximum Gasteiger partial charge on any atom is 0.340 e. The number of hydrogen-bond acceptors (Lipinski definition) is 4. The van der Waals surface area contributed by atoms with E-state index in [0.29, 0.717) is 5.39 Å². The van der Waals surface area contributed by atoms with Gasteiger partial charge in [-0.2, -0.15) is 5.26 Å². The van der Waals surface area contributed by atoms with Crippen LogP contribution in [0.15, 0.2) is 36.4 Å². The van der Waals surface area contributed by atoms with E-state index >= 15 is 0 Å². The van der Waals surface area contributed by atoms with Crippen molar-refractivity contribution in [1.29, 1.82) is 5.26 Å². The summed E-state index contributed by atoms with van der Waals surface area (Å²) in [6.07, 6.45) is 0. The standard InChI is InChI=1S/C15H12N2O4/c16-7-8-17-13(18)9-21-12-6-5-10-3-1-2-4-11(10)14(12)15(19)20/h1-6H,8-9H2,(H,17,18)(H,19,20). The van der Waals surface area contributed by atoms with E-state index in [1.807, 2.05) is 6.07 Å². The Kier molecular flexibility index (Phi) is 4.36. The van der Waals surface area contributed by atoms with Crippen LogP contribution in [0.2, 0.25) is 0 Å². The van der Waals surface area contributed by atoms with Gasteiger partial charge in [0.1, 0.15) is 17.9 Å². The van der Waals surface area contributed by atoms with Gasteiger partial charge in [-0.15, -0.1) is 0 Å². The summed E-state index contributed by atoms with van der Waals surface area (Å²) in [7, 11) is 0. The molecule has 1 amide bonds. The zero-order valence-electron chi connectivity index (χ0n) is 11.0. The molecule has 0 aliphatic carbocycles. The zero-order chi connectivity index (χ0) is 15.2. The fourth-order valence-electron chi connectivity index (χ4n) is 1.92. The average molecular weight is 284 g/mol. The van der Waals surface area contributed by atoms with Gasteiger partial charge in [0, 0.05) is 0 Å². The van der Waals surface area contributed by atoms with Crippen molar-refractivity contribution < 1.29 is 19.4 Å². The highest BCUT2D eigenvalue weighted by Crippen LogP contribution is 2.28. The number of carboxylic acids is 1. The van der Waals surface area contributed by atoms with Crippen molar-refractivity contribution >= 4 is 22.6 Å². The van der Waals surface area contributed by atoms with Gasteiger partial charge in [0.15, 0.2) is 6.61 Å². The lowest BCUT2D eigenvalue weighted by atomic mass is 10.0.